The van der Waals surface area contributed by atoms with E-state index < -0.39 is 6.16 Å². The Balaban J connectivity index is 4.04. The SMILES string of the molecule is CCC(C)OC(=O)OC(C)(CC)CC. The maximum Gasteiger partial charge on any atom is 0.509 e. The van der Waals surface area contributed by atoms with Crippen molar-refractivity contribution in [3.63, 3.8) is 0 Å². The smallest absolute Gasteiger partial charge is 0.431 e. The highest BCUT2D eigenvalue weighted by atomic mass is 16.7. The Morgan fingerprint density at radius 1 is 1.29 bits per heavy atom. The molecule has 0 saturated carbocycles. The van der Waals surface area contributed by atoms with Gasteiger partial charge in [-0.15, -0.1) is 0 Å². The Bertz CT molecular complexity index is 173. The molecule has 0 bridgehead atoms. The van der Waals surface area contributed by atoms with Crippen molar-refractivity contribution in [2.75, 3.05) is 0 Å². The maximum absolute atomic E-state index is 11.3. The monoisotopic (exact) mass is 202 g/mol. The van der Waals surface area contributed by atoms with E-state index >= 15 is 0 Å². The van der Waals surface area contributed by atoms with Gasteiger partial charge in [0.05, 0.1) is 0 Å². The van der Waals surface area contributed by atoms with Gasteiger partial charge in [0, 0.05) is 0 Å². The molecular formula is C11H22O3. The quantitative estimate of drug-likeness (QED) is 0.640. The van der Waals surface area contributed by atoms with Gasteiger partial charge in [0.25, 0.3) is 0 Å². The predicted octanol–water partition coefficient (Wildman–Crippen LogP) is 3.52. The highest BCUT2D eigenvalue weighted by molar-refractivity contribution is 5.60. The lowest BCUT2D eigenvalue weighted by atomic mass is 10.0. The van der Waals surface area contributed by atoms with Gasteiger partial charge in [-0.05, 0) is 33.1 Å². The molecule has 0 fully saturated rings. The van der Waals surface area contributed by atoms with Crippen molar-refractivity contribution in [3.8, 4) is 0 Å². The van der Waals surface area contributed by atoms with Gasteiger partial charge in [-0.3, -0.25) is 0 Å². The largest absolute Gasteiger partial charge is 0.509 e. The molecule has 0 aliphatic rings. The van der Waals surface area contributed by atoms with Crippen LogP contribution in [0, 0.1) is 0 Å². The van der Waals surface area contributed by atoms with Gasteiger partial charge in [-0.2, -0.15) is 0 Å². The zero-order valence-electron chi connectivity index (χ0n) is 9.92. The number of rotatable bonds is 5. The predicted molar refractivity (Wildman–Crippen MR) is 56.3 cm³/mol. The third kappa shape index (κ3) is 4.49. The van der Waals surface area contributed by atoms with Crippen LogP contribution >= 0.6 is 0 Å². The number of carbonyl (C=O) groups is 1. The maximum atomic E-state index is 11.3. The first-order chi connectivity index (χ1) is 6.47. The number of carbonyl (C=O) groups excluding carboxylic acids is 1. The molecule has 1 atom stereocenters. The molecule has 0 saturated heterocycles. The van der Waals surface area contributed by atoms with Crippen LogP contribution < -0.4 is 0 Å². The molecule has 14 heavy (non-hydrogen) atoms. The fraction of sp³-hybridized carbons (Fsp3) is 0.909. The third-order valence-corrected chi connectivity index (χ3v) is 2.70. The molecule has 3 heteroatoms. The standard InChI is InChI=1S/C11H22O3/c1-6-9(4)13-10(12)14-11(5,7-2)8-3/h9H,6-8H2,1-5H3. The molecule has 0 aromatic heterocycles. The molecule has 3 nitrogen and oxygen atoms in total. The van der Waals surface area contributed by atoms with E-state index in [4.69, 9.17) is 9.47 Å². The zero-order valence-corrected chi connectivity index (χ0v) is 9.92. The lowest BCUT2D eigenvalue weighted by Crippen LogP contribution is -2.31. The van der Waals surface area contributed by atoms with Crippen LogP contribution in [-0.2, 0) is 9.47 Å². The van der Waals surface area contributed by atoms with Crippen LogP contribution in [0.25, 0.3) is 0 Å². The second-order valence-electron chi connectivity index (χ2n) is 3.85. The van der Waals surface area contributed by atoms with Crippen LogP contribution in [0.5, 0.6) is 0 Å². The van der Waals surface area contributed by atoms with Crippen molar-refractivity contribution in [1.29, 1.82) is 0 Å². The molecule has 0 radical (unpaired) electrons. The van der Waals surface area contributed by atoms with E-state index in [9.17, 15) is 4.79 Å². The van der Waals surface area contributed by atoms with Crippen molar-refractivity contribution in [2.24, 2.45) is 0 Å². The normalized spacial score (nSPS) is 13.5. The van der Waals surface area contributed by atoms with E-state index in [-0.39, 0.29) is 11.7 Å². The highest BCUT2D eigenvalue weighted by Gasteiger charge is 2.25. The van der Waals surface area contributed by atoms with Crippen molar-refractivity contribution < 1.29 is 14.3 Å². The zero-order chi connectivity index (χ0) is 11.2. The molecule has 84 valence electrons. The summed E-state index contributed by atoms with van der Waals surface area (Å²) < 4.78 is 10.3. The van der Waals surface area contributed by atoms with E-state index in [1.54, 1.807) is 0 Å². The van der Waals surface area contributed by atoms with Crippen molar-refractivity contribution in [2.45, 2.75) is 65.6 Å². The summed E-state index contributed by atoms with van der Waals surface area (Å²) in [4.78, 5) is 11.3. The average Bonchev–Trinajstić information content (AvgIpc) is 2.17. The first-order valence-corrected chi connectivity index (χ1v) is 5.37. The lowest BCUT2D eigenvalue weighted by Gasteiger charge is -2.26. The van der Waals surface area contributed by atoms with Gasteiger partial charge in [0.15, 0.2) is 0 Å². The third-order valence-electron chi connectivity index (χ3n) is 2.70. The first kappa shape index (κ1) is 13.3. The fourth-order valence-corrected chi connectivity index (χ4v) is 0.867. The van der Waals surface area contributed by atoms with Gasteiger partial charge in [0.2, 0.25) is 0 Å². The Morgan fingerprint density at radius 3 is 2.14 bits per heavy atom. The van der Waals surface area contributed by atoms with E-state index in [1.807, 2.05) is 34.6 Å². The summed E-state index contributed by atoms with van der Waals surface area (Å²) in [5, 5.41) is 0. The Labute approximate surface area is 86.8 Å². The number of ether oxygens (including phenoxy) is 2. The minimum atomic E-state index is -0.550. The molecule has 0 amide bonds. The minimum Gasteiger partial charge on any atom is -0.431 e. The van der Waals surface area contributed by atoms with Gasteiger partial charge in [-0.1, -0.05) is 20.8 Å². The van der Waals surface area contributed by atoms with Gasteiger partial charge < -0.3 is 9.47 Å². The Hall–Kier alpha value is -0.730. The molecule has 0 heterocycles. The molecule has 0 aromatic carbocycles. The number of hydrogen-bond acceptors (Lipinski definition) is 3. The van der Waals surface area contributed by atoms with Gasteiger partial charge in [0.1, 0.15) is 11.7 Å². The first-order valence-electron chi connectivity index (χ1n) is 5.37. The van der Waals surface area contributed by atoms with Crippen molar-refractivity contribution in [3.05, 3.63) is 0 Å². The minimum absolute atomic E-state index is 0.0690. The molecule has 0 rings (SSSR count). The molecule has 0 spiro atoms. The van der Waals surface area contributed by atoms with E-state index in [0.717, 1.165) is 19.3 Å². The van der Waals surface area contributed by atoms with Gasteiger partial charge >= 0.3 is 6.16 Å². The molecule has 0 aromatic rings. The lowest BCUT2D eigenvalue weighted by molar-refractivity contribution is -0.0431. The van der Waals surface area contributed by atoms with Crippen LogP contribution in [-0.4, -0.2) is 17.9 Å². The molecule has 0 aliphatic heterocycles. The second kappa shape index (κ2) is 5.89. The van der Waals surface area contributed by atoms with Crippen LogP contribution in [0.3, 0.4) is 0 Å². The van der Waals surface area contributed by atoms with Crippen molar-refractivity contribution >= 4 is 6.16 Å². The Kier molecular flexibility index (Phi) is 5.58. The van der Waals surface area contributed by atoms with E-state index in [2.05, 4.69) is 0 Å². The molecule has 1 unspecified atom stereocenters. The van der Waals surface area contributed by atoms with Crippen LogP contribution in [0.1, 0.15) is 53.9 Å². The second-order valence-corrected chi connectivity index (χ2v) is 3.85. The summed E-state index contributed by atoms with van der Waals surface area (Å²) in [6, 6.07) is 0. The van der Waals surface area contributed by atoms with Crippen LogP contribution in [0.15, 0.2) is 0 Å². The van der Waals surface area contributed by atoms with Crippen molar-refractivity contribution in [1.82, 2.24) is 0 Å². The molecule has 0 aliphatic carbocycles. The fourth-order valence-electron chi connectivity index (χ4n) is 0.867. The van der Waals surface area contributed by atoms with E-state index in [0.29, 0.717) is 0 Å². The summed E-state index contributed by atoms with van der Waals surface area (Å²) in [5.41, 5.74) is -0.384. The highest BCUT2D eigenvalue weighted by Crippen LogP contribution is 2.20. The van der Waals surface area contributed by atoms with Gasteiger partial charge in [-0.25, -0.2) is 4.79 Å². The van der Waals surface area contributed by atoms with E-state index in [1.165, 1.54) is 0 Å². The summed E-state index contributed by atoms with van der Waals surface area (Å²) in [6.07, 6.45) is 1.80. The van der Waals surface area contributed by atoms with Crippen LogP contribution in [0.2, 0.25) is 0 Å². The summed E-state index contributed by atoms with van der Waals surface area (Å²) in [6.45, 7) is 9.75. The summed E-state index contributed by atoms with van der Waals surface area (Å²) in [7, 11) is 0. The molecular weight excluding hydrogens is 180 g/mol. The summed E-state index contributed by atoms with van der Waals surface area (Å²) >= 11 is 0. The topological polar surface area (TPSA) is 35.5 Å². The van der Waals surface area contributed by atoms with Crippen LogP contribution in [0.4, 0.5) is 4.79 Å². The molecule has 0 N–H and O–H groups in total. The average molecular weight is 202 g/mol. The Morgan fingerprint density at radius 2 is 1.79 bits per heavy atom. The summed E-state index contributed by atoms with van der Waals surface area (Å²) in [5.74, 6) is 0. The number of hydrogen-bond donors (Lipinski definition) is 0.